The fourth-order valence-electron chi connectivity index (χ4n) is 2.61. The molecule has 0 atom stereocenters. The minimum atomic E-state index is 0.513. The van der Waals surface area contributed by atoms with Crippen molar-refractivity contribution in [3.63, 3.8) is 0 Å². The Morgan fingerprint density at radius 3 is 2.53 bits per heavy atom. The van der Waals surface area contributed by atoms with Gasteiger partial charge in [-0.15, -0.1) is 0 Å². The van der Waals surface area contributed by atoms with Crippen molar-refractivity contribution in [3.05, 3.63) is 35.9 Å². The maximum atomic E-state index is 5.90. The van der Waals surface area contributed by atoms with Crippen molar-refractivity contribution in [3.8, 4) is 0 Å². The molecule has 0 saturated carbocycles. The average molecular weight is 257 g/mol. The second-order valence-corrected chi connectivity index (χ2v) is 4.95. The fraction of sp³-hybridized carbons (Fsp3) is 0.438. The van der Waals surface area contributed by atoms with Gasteiger partial charge in [-0.3, -0.25) is 0 Å². The van der Waals surface area contributed by atoms with Gasteiger partial charge in [-0.2, -0.15) is 0 Å². The second-order valence-electron chi connectivity index (χ2n) is 4.95. The lowest BCUT2D eigenvalue weighted by molar-refractivity contribution is 0.585. The monoisotopic (exact) mass is 257 g/mol. The summed E-state index contributed by atoms with van der Waals surface area (Å²) in [5, 5.41) is 1.16. The first-order chi connectivity index (χ1) is 9.21. The quantitative estimate of drug-likeness (QED) is 0.893. The molecule has 3 heteroatoms. The summed E-state index contributed by atoms with van der Waals surface area (Å²) in [6.45, 7) is 4.96. The summed E-state index contributed by atoms with van der Waals surface area (Å²) in [7, 11) is 2.12. The number of benzene rings is 1. The van der Waals surface area contributed by atoms with Gasteiger partial charge in [-0.05, 0) is 25.0 Å². The Labute approximate surface area is 115 Å². The van der Waals surface area contributed by atoms with E-state index in [-0.39, 0.29) is 0 Å². The van der Waals surface area contributed by atoms with Crippen LogP contribution in [0.3, 0.4) is 0 Å². The number of anilines is 1. The van der Waals surface area contributed by atoms with E-state index in [2.05, 4.69) is 44.0 Å². The topological polar surface area (TPSA) is 42.2 Å². The van der Waals surface area contributed by atoms with Crippen molar-refractivity contribution < 1.29 is 0 Å². The maximum Gasteiger partial charge on any atom is 0.133 e. The zero-order valence-electron chi connectivity index (χ0n) is 12.1. The summed E-state index contributed by atoms with van der Waals surface area (Å²) >= 11 is 0. The van der Waals surface area contributed by atoms with Gasteiger partial charge < -0.3 is 10.6 Å². The normalized spacial score (nSPS) is 11.2. The highest BCUT2D eigenvalue weighted by Gasteiger charge is 2.16. The summed E-state index contributed by atoms with van der Waals surface area (Å²) in [6.07, 6.45) is 2.23. The predicted molar refractivity (Wildman–Crippen MR) is 82.4 cm³/mol. The molecule has 0 fully saturated rings. The number of para-hydroxylation sites is 1. The van der Waals surface area contributed by atoms with Crippen LogP contribution in [0.4, 0.5) is 5.82 Å². The fourth-order valence-corrected chi connectivity index (χ4v) is 2.61. The molecule has 0 spiro atoms. The number of nitrogens with two attached hydrogens (primary N) is 1. The molecule has 1 heterocycles. The van der Waals surface area contributed by atoms with E-state index in [4.69, 9.17) is 10.7 Å². The molecule has 0 aliphatic rings. The Morgan fingerprint density at radius 2 is 1.89 bits per heavy atom. The molecule has 1 aromatic heterocycles. The molecule has 0 aliphatic heterocycles. The third kappa shape index (κ3) is 2.71. The van der Waals surface area contributed by atoms with E-state index in [1.54, 1.807) is 0 Å². The van der Waals surface area contributed by atoms with E-state index in [1.165, 1.54) is 0 Å². The predicted octanol–water partition coefficient (Wildman–Crippen LogP) is 3.32. The van der Waals surface area contributed by atoms with Crippen LogP contribution in [0.15, 0.2) is 30.3 Å². The van der Waals surface area contributed by atoms with Crippen LogP contribution in [-0.2, 0) is 6.54 Å². The molecule has 0 bridgehead atoms. The van der Waals surface area contributed by atoms with E-state index in [1.807, 2.05) is 12.1 Å². The Balaban J connectivity index is 2.51. The largest absolute Gasteiger partial charge is 0.356 e. The second kappa shape index (κ2) is 6.02. The molecule has 1 aromatic carbocycles. The van der Waals surface area contributed by atoms with Crippen LogP contribution in [0.1, 0.15) is 32.3 Å². The van der Waals surface area contributed by atoms with Gasteiger partial charge in [0.25, 0.3) is 0 Å². The van der Waals surface area contributed by atoms with Crippen molar-refractivity contribution in [1.82, 2.24) is 4.98 Å². The standard InChI is InChI=1S/C16H23N3/c1-4-14(5-2)19(3)16-13(11-17)10-12-8-6-7-9-15(12)18-16/h6-10,14H,4-5,11,17H2,1-3H3. The number of pyridine rings is 1. The molecule has 3 nitrogen and oxygen atoms in total. The van der Waals surface area contributed by atoms with Gasteiger partial charge >= 0.3 is 0 Å². The first-order valence-corrected chi connectivity index (χ1v) is 7.02. The lowest BCUT2D eigenvalue weighted by atomic mass is 10.1. The molecule has 0 saturated heterocycles. The number of fused-ring (bicyclic) bond motifs is 1. The zero-order valence-corrected chi connectivity index (χ0v) is 12.1. The van der Waals surface area contributed by atoms with Crippen LogP contribution in [0, 0.1) is 0 Å². The summed E-state index contributed by atoms with van der Waals surface area (Å²) in [6, 6.07) is 10.9. The van der Waals surface area contributed by atoms with E-state index >= 15 is 0 Å². The Kier molecular flexibility index (Phi) is 4.38. The third-order valence-corrected chi connectivity index (χ3v) is 3.82. The van der Waals surface area contributed by atoms with Gasteiger partial charge in [0.1, 0.15) is 5.82 Å². The SMILES string of the molecule is CCC(CC)N(C)c1nc2ccccc2cc1CN. The smallest absolute Gasteiger partial charge is 0.133 e. The van der Waals surface area contributed by atoms with Gasteiger partial charge in [0.2, 0.25) is 0 Å². The maximum absolute atomic E-state index is 5.90. The summed E-state index contributed by atoms with van der Waals surface area (Å²) in [5.41, 5.74) is 8.05. The Hall–Kier alpha value is -1.61. The van der Waals surface area contributed by atoms with E-state index in [9.17, 15) is 0 Å². The molecule has 102 valence electrons. The lowest BCUT2D eigenvalue weighted by Crippen LogP contribution is -2.32. The average Bonchev–Trinajstić information content (AvgIpc) is 2.46. The van der Waals surface area contributed by atoms with Crippen molar-refractivity contribution >= 4 is 16.7 Å². The van der Waals surface area contributed by atoms with Crippen LogP contribution in [0.25, 0.3) is 10.9 Å². The third-order valence-electron chi connectivity index (χ3n) is 3.82. The summed E-state index contributed by atoms with van der Waals surface area (Å²) in [5.74, 6) is 1.02. The number of aromatic nitrogens is 1. The van der Waals surface area contributed by atoms with Gasteiger partial charge in [-0.25, -0.2) is 4.98 Å². The number of nitrogens with zero attached hydrogens (tertiary/aromatic N) is 2. The van der Waals surface area contributed by atoms with Crippen molar-refractivity contribution in [2.24, 2.45) is 5.73 Å². The highest BCUT2D eigenvalue weighted by Crippen LogP contribution is 2.25. The van der Waals surface area contributed by atoms with Gasteiger partial charge in [0, 0.05) is 30.6 Å². The molecule has 0 unspecified atom stereocenters. The lowest BCUT2D eigenvalue weighted by Gasteiger charge is -2.29. The van der Waals surface area contributed by atoms with Crippen LogP contribution in [0.5, 0.6) is 0 Å². The Morgan fingerprint density at radius 1 is 1.21 bits per heavy atom. The molecular weight excluding hydrogens is 234 g/mol. The molecule has 2 N–H and O–H groups in total. The highest BCUT2D eigenvalue weighted by atomic mass is 15.2. The number of hydrogen-bond donors (Lipinski definition) is 1. The van der Waals surface area contributed by atoms with Crippen molar-refractivity contribution in [2.75, 3.05) is 11.9 Å². The summed E-state index contributed by atoms with van der Waals surface area (Å²) in [4.78, 5) is 7.08. The van der Waals surface area contributed by atoms with Crippen LogP contribution in [-0.4, -0.2) is 18.1 Å². The number of hydrogen-bond acceptors (Lipinski definition) is 3. The van der Waals surface area contributed by atoms with Crippen LogP contribution >= 0.6 is 0 Å². The summed E-state index contributed by atoms with van der Waals surface area (Å²) < 4.78 is 0. The molecule has 0 aliphatic carbocycles. The van der Waals surface area contributed by atoms with E-state index in [0.717, 1.165) is 35.1 Å². The van der Waals surface area contributed by atoms with Gasteiger partial charge in [0.05, 0.1) is 5.52 Å². The molecule has 2 aromatic rings. The van der Waals surface area contributed by atoms with Gasteiger partial charge in [-0.1, -0.05) is 32.0 Å². The minimum Gasteiger partial charge on any atom is -0.356 e. The highest BCUT2D eigenvalue weighted by molar-refractivity contribution is 5.81. The first-order valence-electron chi connectivity index (χ1n) is 7.02. The zero-order chi connectivity index (χ0) is 13.8. The molecule has 0 amide bonds. The van der Waals surface area contributed by atoms with Crippen molar-refractivity contribution in [2.45, 2.75) is 39.3 Å². The Bertz CT molecular complexity index is 547. The number of rotatable bonds is 5. The minimum absolute atomic E-state index is 0.513. The molecule has 19 heavy (non-hydrogen) atoms. The van der Waals surface area contributed by atoms with E-state index < -0.39 is 0 Å². The van der Waals surface area contributed by atoms with E-state index in [0.29, 0.717) is 12.6 Å². The van der Waals surface area contributed by atoms with Gasteiger partial charge in [0.15, 0.2) is 0 Å². The first kappa shape index (κ1) is 13.8. The molecular formula is C16H23N3. The van der Waals surface area contributed by atoms with Crippen molar-refractivity contribution in [1.29, 1.82) is 0 Å². The van der Waals surface area contributed by atoms with Crippen LogP contribution < -0.4 is 10.6 Å². The van der Waals surface area contributed by atoms with Crippen LogP contribution in [0.2, 0.25) is 0 Å². The molecule has 0 radical (unpaired) electrons. The molecule has 2 rings (SSSR count).